The average molecular weight is 397 g/mol. The van der Waals surface area contributed by atoms with Crippen molar-refractivity contribution < 1.29 is 19.1 Å². The van der Waals surface area contributed by atoms with Gasteiger partial charge in [-0.05, 0) is 37.1 Å². The third-order valence-corrected chi connectivity index (χ3v) is 4.00. The van der Waals surface area contributed by atoms with Gasteiger partial charge in [0.15, 0.2) is 11.9 Å². The van der Waals surface area contributed by atoms with Crippen LogP contribution in [0.1, 0.15) is 18.9 Å². The molecule has 0 bridgehead atoms. The average Bonchev–Trinajstić information content (AvgIpc) is 2.62. The number of aryl methyl sites for hydroxylation is 1. The smallest absolute Gasteiger partial charge is 0.306 e. The van der Waals surface area contributed by atoms with Crippen molar-refractivity contribution in [2.24, 2.45) is 0 Å². The Morgan fingerprint density at radius 2 is 1.92 bits per heavy atom. The molecule has 6 nitrogen and oxygen atoms in total. The number of anilines is 1. The van der Waals surface area contributed by atoms with E-state index in [9.17, 15) is 9.59 Å². The van der Waals surface area contributed by atoms with Crippen molar-refractivity contribution in [1.82, 2.24) is 4.98 Å². The van der Waals surface area contributed by atoms with Crippen molar-refractivity contribution in [3.05, 3.63) is 52.1 Å². The normalized spacial score (nSPS) is 11.5. The lowest BCUT2D eigenvalue weighted by atomic mass is 10.1. The van der Waals surface area contributed by atoms with Crippen LogP contribution in [-0.4, -0.2) is 30.1 Å². The molecule has 2 rings (SSSR count). The van der Waals surface area contributed by atoms with Crippen LogP contribution in [-0.2, 0) is 20.7 Å². The number of ether oxygens (including phenoxy) is 2. The number of nitrogens with zero attached hydrogens (tertiary/aromatic N) is 1. The van der Waals surface area contributed by atoms with Crippen molar-refractivity contribution in [2.45, 2.75) is 25.9 Å². The Labute approximate surface area is 161 Å². The third-order valence-electron chi connectivity index (χ3n) is 3.50. The number of hydrogen-bond donors (Lipinski definition) is 1. The Morgan fingerprint density at radius 1 is 1.23 bits per heavy atom. The summed E-state index contributed by atoms with van der Waals surface area (Å²) in [6.07, 6.45) is 1.03. The van der Waals surface area contributed by atoms with Crippen molar-refractivity contribution in [2.75, 3.05) is 12.4 Å². The highest BCUT2D eigenvalue weighted by Crippen LogP contribution is 2.22. The second-order valence-electron chi connectivity index (χ2n) is 5.45. The van der Waals surface area contributed by atoms with Crippen LogP contribution in [0, 0.1) is 0 Å². The molecule has 1 amide bonds. The summed E-state index contributed by atoms with van der Waals surface area (Å²) < 4.78 is 10.2. The molecule has 1 N–H and O–H groups in total. The number of aromatic nitrogens is 1. The number of amides is 1. The van der Waals surface area contributed by atoms with Crippen LogP contribution in [0.15, 0.2) is 36.5 Å². The van der Waals surface area contributed by atoms with E-state index in [2.05, 4.69) is 10.3 Å². The number of carbonyl (C=O) groups is 2. The largest absolute Gasteiger partial charge is 0.497 e. The van der Waals surface area contributed by atoms with Crippen LogP contribution in [0.25, 0.3) is 0 Å². The lowest BCUT2D eigenvalue weighted by Gasteiger charge is -2.14. The predicted octanol–water partition coefficient (Wildman–Crippen LogP) is 3.90. The molecule has 0 spiro atoms. The van der Waals surface area contributed by atoms with Crippen LogP contribution in [0.4, 0.5) is 5.82 Å². The van der Waals surface area contributed by atoms with Gasteiger partial charge in [0.2, 0.25) is 0 Å². The second-order valence-corrected chi connectivity index (χ2v) is 6.30. The van der Waals surface area contributed by atoms with E-state index in [-0.39, 0.29) is 17.3 Å². The molecule has 0 aliphatic carbocycles. The van der Waals surface area contributed by atoms with Crippen molar-refractivity contribution in [1.29, 1.82) is 0 Å². The van der Waals surface area contributed by atoms with E-state index in [1.807, 2.05) is 24.3 Å². The van der Waals surface area contributed by atoms with Crippen LogP contribution in [0.3, 0.4) is 0 Å². The number of benzene rings is 1. The zero-order chi connectivity index (χ0) is 19.1. The molecule has 0 aliphatic rings. The van der Waals surface area contributed by atoms with Gasteiger partial charge in [0.25, 0.3) is 5.91 Å². The highest BCUT2D eigenvalue weighted by atomic mass is 35.5. The van der Waals surface area contributed by atoms with Gasteiger partial charge in [0.05, 0.1) is 17.2 Å². The van der Waals surface area contributed by atoms with E-state index in [1.165, 1.54) is 19.2 Å². The van der Waals surface area contributed by atoms with Crippen LogP contribution in [0.2, 0.25) is 10.0 Å². The first-order valence-corrected chi connectivity index (χ1v) is 8.59. The highest BCUT2D eigenvalue weighted by molar-refractivity contribution is 6.36. The number of esters is 1. The Balaban J connectivity index is 1.82. The number of carbonyl (C=O) groups excluding carboxylic acids is 2. The zero-order valence-corrected chi connectivity index (χ0v) is 15.8. The van der Waals surface area contributed by atoms with Gasteiger partial charge in [-0.2, -0.15) is 0 Å². The van der Waals surface area contributed by atoms with Gasteiger partial charge in [-0.3, -0.25) is 9.59 Å². The van der Waals surface area contributed by atoms with Crippen LogP contribution < -0.4 is 10.1 Å². The molecule has 0 unspecified atom stereocenters. The predicted molar refractivity (Wildman–Crippen MR) is 99.8 cm³/mol. The summed E-state index contributed by atoms with van der Waals surface area (Å²) in [5.74, 6) is -0.101. The van der Waals surface area contributed by atoms with E-state index in [0.717, 1.165) is 11.3 Å². The summed E-state index contributed by atoms with van der Waals surface area (Å²) in [5, 5.41) is 3.05. The van der Waals surface area contributed by atoms with Crippen molar-refractivity contribution >= 4 is 40.9 Å². The van der Waals surface area contributed by atoms with Gasteiger partial charge in [-0.25, -0.2) is 4.98 Å². The molecule has 1 aromatic carbocycles. The monoisotopic (exact) mass is 396 g/mol. The summed E-state index contributed by atoms with van der Waals surface area (Å²) in [6, 6.07) is 8.84. The number of hydrogen-bond acceptors (Lipinski definition) is 5. The molecule has 26 heavy (non-hydrogen) atoms. The van der Waals surface area contributed by atoms with Gasteiger partial charge in [-0.15, -0.1) is 0 Å². The Morgan fingerprint density at radius 3 is 2.54 bits per heavy atom. The maximum Gasteiger partial charge on any atom is 0.306 e. The maximum absolute atomic E-state index is 12.1. The molecule has 0 saturated heterocycles. The number of nitrogens with one attached hydrogen (secondary N) is 1. The van der Waals surface area contributed by atoms with Gasteiger partial charge in [-0.1, -0.05) is 35.3 Å². The summed E-state index contributed by atoms with van der Waals surface area (Å²) in [6.45, 7) is 1.48. The highest BCUT2D eigenvalue weighted by Gasteiger charge is 2.19. The fraction of sp³-hybridized carbons (Fsp3) is 0.278. The SMILES string of the molecule is COc1ccc(CCC(=O)O[C@@H](C)C(=O)Nc2ncc(Cl)cc2Cl)cc1. The lowest BCUT2D eigenvalue weighted by Crippen LogP contribution is -2.30. The fourth-order valence-electron chi connectivity index (χ4n) is 2.07. The molecule has 2 aromatic rings. The Hall–Kier alpha value is -2.31. The molecular formula is C18H18Cl2N2O4. The quantitative estimate of drug-likeness (QED) is 0.717. The summed E-state index contributed by atoms with van der Waals surface area (Å²) >= 11 is 11.7. The van der Waals surface area contributed by atoms with E-state index in [1.54, 1.807) is 7.11 Å². The van der Waals surface area contributed by atoms with Gasteiger partial charge in [0.1, 0.15) is 5.75 Å². The minimum Gasteiger partial charge on any atom is -0.497 e. The first-order valence-electron chi connectivity index (χ1n) is 7.83. The molecule has 0 saturated carbocycles. The standard InChI is InChI=1S/C18H18Cl2N2O4/c1-11(18(24)22-17-15(20)9-13(19)10-21-17)26-16(23)8-5-12-3-6-14(25-2)7-4-12/h3-4,6-7,9-11H,5,8H2,1-2H3,(H,21,22,24)/t11-/m0/s1. The fourth-order valence-corrected chi connectivity index (χ4v) is 2.50. The number of rotatable bonds is 7. The molecular weight excluding hydrogens is 379 g/mol. The number of pyridine rings is 1. The Bertz CT molecular complexity index is 781. The van der Waals surface area contributed by atoms with Crippen LogP contribution in [0.5, 0.6) is 5.75 Å². The topological polar surface area (TPSA) is 77.5 Å². The molecule has 8 heteroatoms. The van der Waals surface area contributed by atoms with Gasteiger partial charge in [0, 0.05) is 12.6 Å². The molecule has 1 heterocycles. The number of halogens is 2. The minimum absolute atomic E-state index is 0.155. The number of methoxy groups -OCH3 is 1. The molecule has 138 valence electrons. The first-order chi connectivity index (χ1) is 12.4. The summed E-state index contributed by atoms with van der Waals surface area (Å²) in [5.41, 5.74) is 0.969. The van der Waals surface area contributed by atoms with E-state index in [0.29, 0.717) is 11.4 Å². The summed E-state index contributed by atoms with van der Waals surface area (Å²) in [7, 11) is 1.59. The van der Waals surface area contributed by atoms with Crippen molar-refractivity contribution in [3.63, 3.8) is 0 Å². The zero-order valence-electron chi connectivity index (χ0n) is 14.3. The summed E-state index contributed by atoms with van der Waals surface area (Å²) in [4.78, 5) is 28.0. The first kappa shape index (κ1) is 20.0. The van der Waals surface area contributed by atoms with E-state index >= 15 is 0 Å². The molecule has 0 radical (unpaired) electrons. The molecule has 0 fully saturated rings. The molecule has 1 aromatic heterocycles. The van der Waals surface area contributed by atoms with Gasteiger partial charge < -0.3 is 14.8 Å². The van der Waals surface area contributed by atoms with Crippen LogP contribution >= 0.6 is 23.2 Å². The Kier molecular flexibility index (Phi) is 7.24. The van der Waals surface area contributed by atoms with Gasteiger partial charge >= 0.3 is 5.97 Å². The maximum atomic E-state index is 12.1. The van der Waals surface area contributed by atoms with E-state index in [4.69, 9.17) is 32.7 Å². The molecule has 1 atom stereocenters. The van der Waals surface area contributed by atoms with Crippen molar-refractivity contribution in [3.8, 4) is 5.75 Å². The molecule has 0 aliphatic heterocycles. The third kappa shape index (κ3) is 5.89. The second kappa shape index (κ2) is 9.40. The van der Waals surface area contributed by atoms with E-state index < -0.39 is 18.0 Å². The lowest BCUT2D eigenvalue weighted by molar-refractivity contribution is -0.153. The minimum atomic E-state index is -0.980.